The van der Waals surface area contributed by atoms with Crippen LogP contribution >= 0.6 is 0 Å². The molecule has 2 aromatic carbocycles. The fourth-order valence-corrected chi connectivity index (χ4v) is 2.56. The summed E-state index contributed by atoms with van der Waals surface area (Å²) in [4.78, 5) is 0. The van der Waals surface area contributed by atoms with Gasteiger partial charge in [0.15, 0.2) is 0 Å². The maximum absolute atomic E-state index is 2.27. The molecule has 0 N–H and O–H groups in total. The van der Waals surface area contributed by atoms with Crippen molar-refractivity contribution >= 4 is 10.8 Å². The lowest BCUT2D eigenvalue weighted by Crippen LogP contribution is -1.96. The van der Waals surface area contributed by atoms with Crippen molar-refractivity contribution in [2.75, 3.05) is 0 Å². The lowest BCUT2D eigenvalue weighted by atomic mass is 9.88. The van der Waals surface area contributed by atoms with E-state index in [0.717, 1.165) is 0 Å². The zero-order chi connectivity index (χ0) is 16.0. The van der Waals surface area contributed by atoms with E-state index < -0.39 is 0 Å². The molecule has 0 fully saturated rings. The molecule has 0 unspecified atom stereocenters. The van der Waals surface area contributed by atoms with E-state index in [9.17, 15) is 0 Å². The smallest absolute Gasteiger partial charge is 0.0117 e. The summed E-state index contributed by atoms with van der Waals surface area (Å²) in [6, 6.07) is 4.51. The van der Waals surface area contributed by atoms with Gasteiger partial charge in [-0.1, -0.05) is 39.8 Å². The quantitative estimate of drug-likeness (QED) is 0.498. The van der Waals surface area contributed by atoms with Gasteiger partial charge >= 0.3 is 0 Å². The van der Waals surface area contributed by atoms with Crippen molar-refractivity contribution < 1.29 is 0 Å². The monoisotopic (exact) mass is 272 g/mol. The Morgan fingerprint density at radius 1 is 0.500 bits per heavy atom. The standard InChI is InChI=1S/C16H20.2C2H6/c1-9-7-8-15-13(5)11(3)12(4)14(6)16(15)10(9)2;2*1-2/h7-8H,1-6H3;2*1-2H3. The topological polar surface area (TPSA) is 0 Å². The molecular formula is C20H32. The molecule has 0 atom stereocenters. The largest absolute Gasteiger partial charge is 0.0683 e. The SMILES string of the molecule is CC.CC.Cc1ccc2c(C)c(C)c(C)c(C)c2c1C. The van der Waals surface area contributed by atoms with Crippen LogP contribution in [-0.2, 0) is 0 Å². The van der Waals surface area contributed by atoms with Crippen molar-refractivity contribution in [3.8, 4) is 0 Å². The highest BCUT2D eigenvalue weighted by Crippen LogP contribution is 2.32. The maximum Gasteiger partial charge on any atom is -0.0117 e. The Kier molecular flexibility index (Phi) is 7.57. The molecule has 112 valence electrons. The average Bonchev–Trinajstić information content (AvgIpc) is 2.49. The van der Waals surface area contributed by atoms with Gasteiger partial charge in [0.2, 0.25) is 0 Å². The Balaban J connectivity index is 0.000000829. The Morgan fingerprint density at radius 2 is 0.950 bits per heavy atom. The normalized spacial score (nSPS) is 9.50. The van der Waals surface area contributed by atoms with Crippen molar-refractivity contribution in [2.45, 2.75) is 69.2 Å². The molecule has 0 heterocycles. The molecule has 20 heavy (non-hydrogen) atoms. The van der Waals surface area contributed by atoms with Gasteiger partial charge in [0.1, 0.15) is 0 Å². The third kappa shape index (κ3) is 3.23. The Hall–Kier alpha value is -1.30. The summed E-state index contributed by atoms with van der Waals surface area (Å²) < 4.78 is 0. The molecule has 0 spiro atoms. The van der Waals surface area contributed by atoms with Crippen LogP contribution in [0.3, 0.4) is 0 Å². The Bertz CT molecular complexity index is 575. The van der Waals surface area contributed by atoms with E-state index in [1.54, 1.807) is 0 Å². The first kappa shape index (κ1) is 18.7. The second-order valence-corrected chi connectivity index (χ2v) is 4.93. The van der Waals surface area contributed by atoms with E-state index >= 15 is 0 Å². The molecule has 0 saturated heterocycles. The lowest BCUT2D eigenvalue weighted by Gasteiger charge is -2.17. The third-order valence-corrected chi connectivity index (χ3v) is 4.20. The summed E-state index contributed by atoms with van der Waals surface area (Å²) in [7, 11) is 0. The van der Waals surface area contributed by atoms with E-state index in [0.29, 0.717) is 0 Å². The summed E-state index contributed by atoms with van der Waals surface area (Å²) in [6.45, 7) is 21.4. The van der Waals surface area contributed by atoms with Gasteiger partial charge in [-0.15, -0.1) is 0 Å². The predicted molar refractivity (Wildman–Crippen MR) is 95.1 cm³/mol. The molecule has 0 aliphatic rings. The molecule has 2 aromatic rings. The van der Waals surface area contributed by atoms with Crippen LogP contribution in [0.5, 0.6) is 0 Å². The predicted octanol–water partition coefficient (Wildman–Crippen LogP) is 6.74. The highest BCUT2D eigenvalue weighted by atomic mass is 14.2. The van der Waals surface area contributed by atoms with Crippen LogP contribution in [0.25, 0.3) is 10.8 Å². The number of fused-ring (bicyclic) bond motifs is 1. The van der Waals surface area contributed by atoms with Crippen LogP contribution in [0.2, 0.25) is 0 Å². The van der Waals surface area contributed by atoms with Gasteiger partial charge in [-0.2, -0.15) is 0 Å². The van der Waals surface area contributed by atoms with E-state index in [2.05, 4.69) is 53.7 Å². The van der Waals surface area contributed by atoms with Gasteiger partial charge in [0, 0.05) is 0 Å². The number of aryl methyl sites for hydroxylation is 4. The second kappa shape index (κ2) is 8.09. The summed E-state index contributed by atoms with van der Waals surface area (Å²) in [6.07, 6.45) is 0. The Morgan fingerprint density at radius 3 is 1.45 bits per heavy atom. The van der Waals surface area contributed by atoms with Crippen LogP contribution in [0, 0.1) is 41.5 Å². The summed E-state index contributed by atoms with van der Waals surface area (Å²) in [5.41, 5.74) is 8.58. The molecular weight excluding hydrogens is 240 g/mol. The molecule has 0 aromatic heterocycles. The van der Waals surface area contributed by atoms with Crippen LogP contribution in [-0.4, -0.2) is 0 Å². The van der Waals surface area contributed by atoms with E-state index in [-0.39, 0.29) is 0 Å². The average molecular weight is 272 g/mol. The lowest BCUT2D eigenvalue weighted by molar-refractivity contribution is 1.24. The number of benzene rings is 2. The summed E-state index contributed by atoms with van der Waals surface area (Å²) >= 11 is 0. The third-order valence-electron chi connectivity index (χ3n) is 4.20. The van der Waals surface area contributed by atoms with Gasteiger partial charge in [0.05, 0.1) is 0 Å². The fraction of sp³-hybridized carbons (Fsp3) is 0.500. The number of hydrogen-bond donors (Lipinski definition) is 0. The van der Waals surface area contributed by atoms with Crippen molar-refractivity contribution in [1.82, 2.24) is 0 Å². The molecule has 2 rings (SSSR count). The van der Waals surface area contributed by atoms with E-state index in [1.807, 2.05) is 27.7 Å². The van der Waals surface area contributed by atoms with E-state index in [4.69, 9.17) is 0 Å². The van der Waals surface area contributed by atoms with Gasteiger partial charge in [0.25, 0.3) is 0 Å². The number of rotatable bonds is 0. The van der Waals surface area contributed by atoms with Gasteiger partial charge < -0.3 is 0 Å². The maximum atomic E-state index is 2.27. The minimum atomic E-state index is 1.39. The van der Waals surface area contributed by atoms with Crippen LogP contribution in [0.15, 0.2) is 12.1 Å². The zero-order valence-corrected chi connectivity index (χ0v) is 15.2. The zero-order valence-electron chi connectivity index (χ0n) is 15.2. The first-order valence-electron chi connectivity index (χ1n) is 7.91. The van der Waals surface area contributed by atoms with Gasteiger partial charge in [-0.3, -0.25) is 0 Å². The first-order chi connectivity index (χ1) is 9.45. The van der Waals surface area contributed by atoms with Crippen LogP contribution < -0.4 is 0 Å². The van der Waals surface area contributed by atoms with Gasteiger partial charge in [-0.25, -0.2) is 0 Å². The molecule has 0 amide bonds. The highest BCUT2D eigenvalue weighted by molar-refractivity contribution is 5.93. The summed E-state index contributed by atoms with van der Waals surface area (Å²) in [5.74, 6) is 0. The van der Waals surface area contributed by atoms with Crippen molar-refractivity contribution in [3.05, 3.63) is 45.5 Å². The minimum Gasteiger partial charge on any atom is -0.0683 e. The van der Waals surface area contributed by atoms with Crippen molar-refractivity contribution in [3.63, 3.8) is 0 Å². The minimum absolute atomic E-state index is 1.39. The van der Waals surface area contributed by atoms with E-state index in [1.165, 1.54) is 44.2 Å². The molecule has 0 bridgehead atoms. The molecule has 0 radical (unpaired) electrons. The van der Waals surface area contributed by atoms with Crippen molar-refractivity contribution in [1.29, 1.82) is 0 Å². The molecule has 0 aliphatic heterocycles. The number of hydrogen-bond acceptors (Lipinski definition) is 0. The van der Waals surface area contributed by atoms with Crippen molar-refractivity contribution in [2.24, 2.45) is 0 Å². The second-order valence-electron chi connectivity index (χ2n) is 4.93. The van der Waals surface area contributed by atoms with Crippen LogP contribution in [0.1, 0.15) is 61.1 Å². The first-order valence-corrected chi connectivity index (χ1v) is 7.91. The summed E-state index contributed by atoms with van der Waals surface area (Å²) in [5, 5.41) is 2.88. The molecule has 0 heteroatoms. The van der Waals surface area contributed by atoms with Gasteiger partial charge in [-0.05, 0) is 85.7 Å². The fourth-order valence-electron chi connectivity index (χ4n) is 2.56. The van der Waals surface area contributed by atoms with Crippen LogP contribution in [0.4, 0.5) is 0 Å². The Labute approximate surface area is 126 Å². The molecule has 0 aliphatic carbocycles. The molecule has 0 nitrogen and oxygen atoms in total. The highest BCUT2D eigenvalue weighted by Gasteiger charge is 2.11. The molecule has 0 saturated carbocycles.